The lowest BCUT2D eigenvalue weighted by Gasteiger charge is -1.95. The number of fused-ring (bicyclic) bond motifs is 1. The lowest BCUT2D eigenvalue weighted by molar-refractivity contribution is 1.27. The fourth-order valence-electron chi connectivity index (χ4n) is 1.05. The molecule has 3 nitrogen and oxygen atoms in total. The van der Waals surface area contributed by atoms with E-state index in [1.807, 2.05) is 18.2 Å². The Hall–Kier alpha value is -1.77. The quantitative estimate of drug-likeness (QED) is 0.639. The fraction of sp³-hybridized carbons (Fsp3) is 0. The molecule has 1 N–H and O–H groups in total. The molecule has 0 spiro atoms. The number of nitrogens with zero attached hydrogens (tertiary/aromatic N) is 2. The first-order chi connectivity index (χ1) is 5.90. The van der Waals surface area contributed by atoms with Gasteiger partial charge in [0.25, 0.3) is 0 Å². The summed E-state index contributed by atoms with van der Waals surface area (Å²) in [5.74, 6) is 0. The SMILES string of the molecule is N=Cc1ccc2cccnc2n1. The Morgan fingerprint density at radius 2 is 2.17 bits per heavy atom. The molecule has 0 saturated carbocycles. The Morgan fingerprint density at radius 1 is 1.25 bits per heavy atom. The molecule has 0 bridgehead atoms. The second kappa shape index (κ2) is 2.70. The van der Waals surface area contributed by atoms with Gasteiger partial charge in [0.05, 0.1) is 5.69 Å². The van der Waals surface area contributed by atoms with Gasteiger partial charge in [-0.1, -0.05) is 0 Å². The molecule has 3 heteroatoms. The molecule has 0 aromatic carbocycles. The van der Waals surface area contributed by atoms with E-state index in [2.05, 4.69) is 9.97 Å². The highest BCUT2D eigenvalue weighted by Gasteiger charge is 1.94. The van der Waals surface area contributed by atoms with Crippen LogP contribution in [0.3, 0.4) is 0 Å². The second-order valence-corrected chi connectivity index (χ2v) is 2.43. The highest BCUT2D eigenvalue weighted by atomic mass is 14.8. The molecule has 0 aliphatic rings. The zero-order valence-electron chi connectivity index (χ0n) is 6.36. The Kier molecular flexibility index (Phi) is 1.55. The van der Waals surface area contributed by atoms with Crippen LogP contribution in [-0.2, 0) is 0 Å². The molecular weight excluding hydrogens is 150 g/mol. The molecule has 0 atom stereocenters. The maximum atomic E-state index is 7.00. The number of hydrogen-bond donors (Lipinski definition) is 1. The average Bonchev–Trinajstić information content (AvgIpc) is 2.17. The zero-order chi connectivity index (χ0) is 8.39. The van der Waals surface area contributed by atoms with Crippen molar-refractivity contribution in [3.63, 3.8) is 0 Å². The highest BCUT2D eigenvalue weighted by Crippen LogP contribution is 2.07. The Bertz CT molecular complexity index is 423. The van der Waals surface area contributed by atoms with Gasteiger partial charge < -0.3 is 5.41 Å². The van der Waals surface area contributed by atoms with Crippen LogP contribution < -0.4 is 0 Å². The van der Waals surface area contributed by atoms with E-state index >= 15 is 0 Å². The predicted molar refractivity (Wildman–Crippen MR) is 47.4 cm³/mol. The van der Waals surface area contributed by atoms with Crippen molar-refractivity contribution in [3.8, 4) is 0 Å². The van der Waals surface area contributed by atoms with Crippen LogP contribution in [0, 0.1) is 5.41 Å². The standard InChI is InChI=1S/C9H7N3/c10-6-8-4-3-7-2-1-5-11-9(7)12-8/h1-6,10H. The number of aromatic nitrogens is 2. The van der Waals surface area contributed by atoms with E-state index in [4.69, 9.17) is 5.41 Å². The third-order valence-electron chi connectivity index (χ3n) is 1.63. The highest BCUT2D eigenvalue weighted by molar-refractivity contribution is 5.81. The van der Waals surface area contributed by atoms with Crippen molar-refractivity contribution in [1.29, 1.82) is 5.41 Å². The number of nitrogens with one attached hydrogen (secondary N) is 1. The van der Waals surface area contributed by atoms with E-state index in [1.165, 1.54) is 6.21 Å². The zero-order valence-corrected chi connectivity index (χ0v) is 6.36. The summed E-state index contributed by atoms with van der Waals surface area (Å²) in [5, 5.41) is 8.01. The summed E-state index contributed by atoms with van der Waals surface area (Å²) >= 11 is 0. The van der Waals surface area contributed by atoms with Gasteiger partial charge in [-0.05, 0) is 24.3 Å². The third kappa shape index (κ3) is 1.05. The summed E-state index contributed by atoms with van der Waals surface area (Å²) in [6.07, 6.45) is 2.91. The topological polar surface area (TPSA) is 49.6 Å². The van der Waals surface area contributed by atoms with Crippen molar-refractivity contribution < 1.29 is 0 Å². The normalized spacial score (nSPS) is 10.0. The van der Waals surface area contributed by atoms with Gasteiger partial charge in [-0.15, -0.1) is 0 Å². The van der Waals surface area contributed by atoms with Gasteiger partial charge in [0, 0.05) is 17.8 Å². The number of rotatable bonds is 1. The molecule has 0 saturated heterocycles. The summed E-state index contributed by atoms with van der Waals surface area (Å²) < 4.78 is 0. The van der Waals surface area contributed by atoms with Crippen molar-refractivity contribution in [1.82, 2.24) is 9.97 Å². The largest absolute Gasteiger partial charge is 0.307 e. The maximum Gasteiger partial charge on any atom is 0.159 e. The van der Waals surface area contributed by atoms with E-state index in [0.29, 0.717) is 11.3 Å². The van der Waals surface area contributed by atoms with Gasteiger partial charge in [0.15, 0.2) is 5.65 Å². The Labute approximate surface area is 69.6 Å². The molecule has 2 heterocycles. The molecule has 2 aromatic heterocycles. The smallest absolute Gasteiger partial charge is 0.159 e. The van der Waals surface area contributed by atoms with Crippen LogP contribution in [-0.4, -0.2) is 16.2 Å². The summed E-state index contributed by atoms with van der Waals surface area (Å²) in [4.78, 5) is 8.21. The van der Waals surface area contributed by atoms with Gasteiger partial charge in [0.2, 0.25) is 0 Å². The molecule has 0 aliphatic carbocycles. The van der Waals surface area contributed by atoms with Crippen molar-refractivity contribution in [2.24, 2.45) is 0 Å². The molecule has 58 valence electrons. The molecule has 0 fully saturated rings. The van der Waals surface area contributed by atoms with E-state index in [1.54, 1.807) is 12.3 Å². The average molecular weight is 157 g/mol. The van der Waals surface area contributed by atoms with Crippen LogP contribution in [0.15, 0.2) is 30.5 Å². The monoisotopic (exact) mass is 157 g/mol. The molecule has 0 amide bonds. The van der Waals surface area contributed by atoms with Crippen molar-refractivity contribution >= 4 is 17.2 Å². The molecule has 0 radical (unpaired) electrons. The first-order valence-corrected chi connectivity index (χ1v) is 3.62. The van der Waals surface area contributed by atoms with E-state index in [-0.39, 0.29) is 0 Å². The van der Waals surface area contributed by atoms with E-state index in [9.17, 15) is 0 Å². The van der Waals surface area contributed by atoms with Crippen LogP contribution in [0.2, 0.25) is 0 Å². The van der Waals surface area contributed by atoms with Crippen LogP contribution in [0.25, 0.3) is 11.0 Å². The molecule has 12 heavy (non-hydrogen) atoms. The predicted octanol–water partition coefficient (Wildman–Crippen LogP) is 1.63. The van der Waals surface area contributed by atoms with Crippen LogP contribution in [0.4, 0.5) is 0 Å². The maximum absolute atomic E-state index is 7.00. The number of hydrogen-bond acceptors (Lipinski definition) is 3. The minimum Gasteiger partial charge on any atom is -0.307 e. The minimum atomic E-state index is 0.640. The summed E-state index contributed by atoms with van der Waals surface area (Å²) in [5.41, 5.74) is 1.33. The molecule has 2 aromatic rings. The molecule has 0 aliphatic heterocycles. The Morgan fingerprint density at radius 3 is 3.00 bits per heavy atom. The van der Waals surface area contributed by atoms with Crippen LogP contribution >= 0.6 is 0 Å². The second-order valence-electron chi connectivity index (χ2n) is 2.43. The third-order valence-corrected chi connectivity index (χ3v) is 1.63. The van der Waals surface area contributed by atoms with Gasteiger partial charge in [-0.3, -0.25) is 0 Å². The van der Waals surface area contributed by atoms with Gasteiger partial charge >= 0.3 is 0 Å². The van der Waals surface area contributed by atoms with Crippen molar-refractivity contribution in [2.45, 2.75) is 0 Å². The minimum absolute atomic E-state index is 0.640. The van der Waals surface area contributed by atoms with Crippen molar-refractivity contribution in [3.05, 3.63) is 36.2 Å². The van der Waals surface area contributed by atoms with Gasteiger partial charge in [-0.2, -0.15) is 0 Å². The number of pyridine rings is 2. The first-order valence-electron chi connectivity index (χ1n) is 3.62. The lowest BCUT2D eigenvalue weighted by atomic mass is 10.2. The van der Waals surface area contributed by atoms with E-state index in [0.717, 1.165) is 5.39 Å². The molecular formula is C9H7N3. The van der Waals surface area contributed by atoms with Crippen LogP contribution in [0.5, 0.6) is 0 Å². The summed E-state index contributed by atoms with van der Waals surface area (Å²) in [7, 11) is 0. The van der Waals surface area contributed by atoms with Crippen molar-refractivity contribution in [2.75, 3.05) is 0 Å². The van der Waals surface area contributed by atoms with E-state index < -0.39 is 0 Å². The van der Waals surface area contributed by atoms with Gasteiger partial charge in [-0.25, -0.2) is 9.97 Å². The summed E-state index contributed by atoms with van der Waals surface area (Å²) in [6, 6.07) is 7.53. The Balaban J connectivity index is 2.75. The molecule has 0 unspecified atom stereocenters. The lowest BCUT2D eigenvalue weighted by Crippen LogP contribution is -1.88. The first kappa shape index (κ1) is 6.91. The van der Waals surface area contributed by atoms with Crippen LogP contribution in [0.1, 0.15) is 5.69 Å². The van der Waals surface area contributed by atoms with Gasteiger partial charge in [0.1, 0.15) is 0 Å². The fourth-order valence-corrected chi connectivity index (χ4v) is 1.05. The molecule has 2 rings (SSSR count). The summed E-state index contributed by atoms with van der Waals surface area (Å²) in [6.45, 7) is 0.